The quantitative estimate of drug-likeness (QED) is 0.923. The van der Waals surface area contributed by atoms with Crippen molar-refractivity contribution in [1.29, 1.82) is 0 Å². The number of rotatable bonds is 5. The van der Waals surface area contributed by atoms with E-state index < -0.39 is 0 Å². The number of nitrogens with zero attached hydrogens (tertiary/aromatic N) is 1. The Morgan fingerprint density at radius 3 is 2.35 bits per heavy atom. The van der Waals surface area contributed by atoms with Crippen molar-refractivity contribution in [2.24, 2.45) is 5.73 Å². The fourth-order valence-electron chi connectivity index (χ4n) is 3.29. The molecule has 0 saturated carbocycles. The molecule has 0 aromatic heterocycles. The van der Waals surface area contributed by atoms with Crippen LogP contribution < -0.4 is 5.73 Å². The molecule has 2 aromatic carbocycles. The van der Waals surface area contributed by atoms with E-state index in [0.717, 1.165) is 19.4 Å². The molecule has 2 N–H and O–H groups in total. The van der Waals surface area contributed by atoms with Gasteiger partial charge in [-0.15, -0.1) is 0 Å². The largest absolute Gasteiger partial charge is 0.341 e. The Balaban J connectivity index is 1.74. The van der Waals surface area contributed by atoms with Crippen LogP contribution in [0.4, 0.5) is 0 Å². The van der Waals surface area contributed by atoms with Crippen molar-refractivity contribution in [3.8, 4) is 0 Å². The van der Waals surface area contributed by atoms with E-state index in [1.54, 1.807) is 0 Å². The van der Waals surface area contributed by atoms with Gasteiger partial charge in [0.2, 0.25) is 5.91 Å². The summed E-state index contributed by atoms with van der Waals surface area (Å²) in [7, 11) is 0. The summed E-state index contributed by atoms with van der Waals surface area (Å²) in [6.07, 6.45) is 2.35. The van der Waals surface area contributed by atoms with Gasteiger partial charge in [-0.3, -0.25) is 4.79 Å². The van der Waals surface area contributed by atoms with E-state index in [0.29, 0.717) is 13.0 Å². The third kappa shape index (κ3) is 4.20. The van der Waals surface area contributed by atoms with Crippen molar-refractivity contribution in [1.82, 2.24) is 4.90 Å². The van der Waals surface area contributed by atoms with E-state index in [9.17, 15) is 4.79 Å². The second-order valence-corrected chi connectivity index (χ2v) is 6.39. The molecule has 2 aromatic rings. The molecule has 1 fully saturated rings. The molecule has 120 valence electrons. The molecule has 1 amide bonds. The van der Waals surface area contributed by atoms with Crippen LogP contribution in [0.25, 0.3) is 0 Å². The maximum absolute atomic E-state index is 12.6. The van der Waals surface area contributed by atoms with Crippen molar-refractivity contribution in [2.45, 2.75) is 31.2 Å². The van der Waals surface area contributed by atoms with Gasteiger partial charge in [0.15, 0.2) is 0 Å². The van der Waals surface area contributed by atoms with Gasteiger partial charge in [0, 0.05) is 25.6 Å². The number of benzene rings is 2. The Hall–Kier alpha value is -2.13. The highest BCUT2D eigenvalue weighted by molar-refractivity contribution is 5.77. The normalized spacial score (nSPS) is 18.8. The lowest BCUT2D eigenvalue weighted by Crippen LogP contribution is -2.32. The Kier molecular flexibility index (Phi) is 5.09. The summed E-state index contributed by atoms with van der Waals surface area (Å²) in [6.45, 7) is 1.50. The summed E-state index contributed by atoms with van der Waals surface area (Å²) < 4.78 is 0. The topological polar surface area (TPSA) is 46.3 Å². The van der Waals surface area contributed by atoms with E-state index >= 15 is 0 Å². The van der Waals surface area contributed by atoms with Crippen LogP contribution in [0.1, 0.15) is 29.9 Å². The maximum atomic E-state index is 12.6. The molecule has 1 saturated heterocycles. The van der Waals surface area contributed by atoms with Gasteiger partial charge in [0.05, 0.1) is 0 Å². The standard InChI is InChI=1S/C20H24N2O/c21-19-11-12-22(15-19)20(23)14-18(17-9-5-2-6-10-17)13-16-7-3-1-4-8-16/h1-10,18-19H,11-15,21H2/t18?,19-/m1/s1. The molecular weight excluding hydrogens is 284 g/mol. The molecule has 0 radical (unpaired) electrons. The van der Waals surface area contributed by atoms with Crippen LogP contribution in [0, 0.1) is 0 Å². The van der Waals surface area contributed by atoms with E-state index in [2.05, 4.69) is 36.4 Å². The van der Waals surface area contributed by atoms with Crippen molar-refractivity contribution < 1.29 is 4.79 Å². The van der Waals surface area contributed by atoms with Crippen LogP contribution >= 0.6 is 0 Å². The zero-order valence-corrected chi connectivity index (χ0v) is 13.4. The van der Waals surface area contributed by atoms with Crippen LogP contribution in [0.5, 0.6) is 0 Å². The van der Waals surface area contributed by atoms with Gasteiger partial charge in [0.25, 0.3) is 0 Å². The van der Waals surface area contributed by atoms with Crippen molar-refractivity contribution in [3.05, 3.63) is 71.8 Å². The summed E-state index contributed by atoms with van der Waals surface area (Å²) >= 11 is 0. The van der Waals surface area contributed by atoms with Gasteiger partial charge < -0.3 is 10.6 Å². The summed E-state index contributed by atoms with van der Waals surface area (Å²) in [5.74, 6) is 0.436. The Morgan fingerprint density at radius 2 is 1.74 bits per heavy atom. The van der Waals surface area contributed by atoms with E-state index in [1.807, 2.05) is 29.2 Å². The molecule has 3 rings (SSSR count). The zero-order chi connectivity index (χ0) is 16.1. The average Bonchev–Trinajstić information content (AvgIpc) is 3.03. The van der Waals surface area contributed by atoms with Gasteiger partial charge in [-0.05, 0) is 29.9 Å². The second kappa shape index (κ2) is 7.42. The van der Waals surface area contributed by atoms with Crippen molar-refractivity contribution in [3.63, 3.8) is 0 Å². The van der Waals surface area contributed by atoms with Gasteiger partial charge in [-0.25, -0.2) is 0 Å². The predicted octanol–water partition coefficient (Wildman–Crippen LogP) is 2.96. The SMILES string of the molecule is N[C@@H]1CCN(C(=O)CC(Cc2ccccc2)c2ccccc2)C1. The molecule has 0 spiro atoms. The van der Waals surface area contributed by atoms with E-state index in [4.69, 9.17) is 5.73 Å². The van der Waals surface area contributed by atoms with Crippen molar-refractivity contribution in [2.75, 3.05) is 13.1 Å². The van der Waals surface area contributed by atoms with Crippen LogP contribution in [0.3, 0.4) is 0 Å². The number of hydrogen-bond acceptors (Lipinski definition) is 2. The molecule has 3 nitrogen and oxygen atoms in total. The molecule has 23 heavy (non-hydrogen) atoms. The van der Waals surface area contributed by atoms with Crippen molar-refractivity contribution >= 4 is 5.91 Å². The lowest BCUT2D eigenvalue weighted by Gasteiger charge is -2.22. The smallest absolute Gasteiger partial charge is 0.223 e. The number of amides is 1. The first kappa shape index (κ1) is 15.8. The molecule has 1 aliphatic rings. The minimum Gasteiger partial charge on any atom is -0.341 e. The Morgan fingerprint density at radius 1 is 1.09 bits per heavy atom. The molecule has 1 unspecified atom stereocenters. The number of carbonyl (C=O) groups is 1. The second-order valence-electron chi connectivity index (χ2n) is 6.39. The first-order valence-electron chi connectivity index (χ1n) is 8.34. The lowest BCUT2D eigenvalue weighted by atomic mass is 9.89. The number of nitrogens with two attached hydrogens (primary N) is 1. The van der Waals surface area contributed by atoms with E-state index in [1.165, 1.54) is 11.1 Å². The molecular formula is C20H24N2O. The zero-order valence-electron chi connectivity index (χ0n) is 13.4. The van der Waals surface area contributed by atoms with Crippen LogP contribution in [-0.4, -0.2) is 29.9 Å². The van der Waals surface area contributed by atoms with Crippen LogP contribution in [0.2, 0.25) is 0 Å². The van der Waals surface area contributed by atoms with E-state index in [-0.39, 0.29) is 17.9 Å². The fraction of sp³-hybridized carbons (Fsp3) is 0.350. The number of likely N-dealkylation sites (tertiary alicyclic amines) is 1. The average molecular weight is 308 g/mol. The first-order chi connectivity index (χ1) is 11.2. The highest BCUT2D eigenvalue weighted by atomic mass is 16.2. The minimum absolute atomic E-state index is 0.142. The predicted molar refractivity (Wildman–Crippen MR) is 93.1 cm³/mol. The summed E-state index contributed by atoms with van der Waals surface area (Å²) in [6, 6.07) is 20.9. The summed E-state index contributed by atoms with van der Waals surface area (Å²) in [5.41, 5.74) is 8.43. The first-order valence-corrected chi connectivity index (χ1v) is 8.34. The summed E-state index contributed by atoms with van der Waals surface area (Å²) in [4.78, 5) is 14.6. The minimum atomic E-state index is 0.142. The Labute approximate surface area is 138 Å². The third-order valence-electron chi connectivity index (χ3n) is 4.59. The highest BCUT2D eigenvalue weighted by Crippen LogP contribution is 2.26. The van der Waals surface area contributed by atoms with Gasteiger partial charge in [-0.2, -0.15) is 0 Å². The number of carbonyl (C=O) groups excluding carboxylic acids is 1. The molecule has 0 bridgehead atoms. The Bertz CT molecular complexity index is 627. The highest BCUT2D eigenvalue weighted by Gasteiger charge is 2.26. The third-order valence-corrected chi connectivity index (χ3v) is 4.59. The monoisotopic (exact) mass is 308 g/mol. The van der Waals surface area contributed by atoms with Gasteiger partial charge >= 0.3 is 0 Å². The van der Waals surface area contributed by atoms with Crippen LogP contribution in [0.15, 0.2) is 60.7 Å². The van der Waals surface area contributed by atoms with Gasteiger partial charge in [-0.1, -0.05) is 60.7 Å². The molecule has 3 heteroatoms. The maximum Gasteiger partial charge on any atom is 0.223 e. The fourth-order valence-corrected chi connectivity index (χ4v) is 3.29. The molecule has 1 aliphatic heterocycles. The number of hydrogen-bond donors (Lipinski definition) is 1. The summed E-state index contributed by atoms with van der Waals surface area (Å²) in [5, 5.41) is 0. The molecule has 1 heterocycles. The lowest BCUT2D eigenvalue weighted by molar-refractivity contribution is -0.130. The van der Waals surface area contributed by atoms with Gasteiger partial charge in [0.1, 0.15) is 0 Å². The molecule has 2 atom stereocenters. The molecule has 0 aliphatic carbocycles. The van der Waals surface area contributed by atoms with Crippen LogP contribution in [-0.2, 0) is 11.2 Å².